The fraction of sp³-hybridized carbons (Fsp3) is 0.500. The van der Waals surface area contributed by atoms with E-state index in [4.69, 9.17) is 11.6 Å². The summed E-state index contributed by atoms with van der Waals surface area (Å²) in [4.78, 5) is 4.13. The third-order valence-electron chi connectivity index (χ3n) is 1.78. The van der Waals surface area contributed by atoms with E-state index in [-0.39, 0.29) is 0 Å². The Bertz CT molecular complexity index is 265. The summed E-state index contributed by atoms with van der Waals surface area (Å²) in [6.07, 6.45) is 2.89. The summed E-state index contributed by atoms with van der Waals surface area (Å²) in [5, 5.41) is 7.13. The Labute approximate surface area is 89.9 Å². The zero-order chi connectivity index (χ0) is 10.2. The predicted molar refractivity (Wildman–Crippen MR) is 60.9 cm³/mol. The van der Waals surface area contributed by atoms with Gasteiger partial charge in [0.2, 0.25) is 0 Å². The molecule has 0 aromatic carbocycles. The monoisotopic (exact) mass is 213 g/mol. The van der Waals surface area contributed by atoms with Gasteiger partial charge in [0.05, 0.1) is 5.02 Å². The lowest BCUT2D eigenvalue weighted by molar-refractivity contribution is 0.687. The van der Waals surface area contributed by atoms with Crippen LogP contribution in [0, 0.1) is 0 Å². The van der Waals surface area contributed by atoms with Crippen molar-refractivity contribution in [1.29, 1.82) is 0 Å². The molecule has 1 heterocycles. The highest BCUT2D eigenvalue weighted by Gasteiger charge is 1.97. The summed E-state index contributed by atoms with van der Waals surface area (Å²) in [5.41, 5.74) is 0. The van der Waals surface area contributed by atoms with Gasteiger partial charge in [-0.25, -0.2) is 4.98 Å². The molecule has 0 fully saturated rings. The van der Waals surface area contributed by atoms with Crippen molar-refractivity contribution >= 4 is 17.4 Å². The molecule has 78 valence electrons. The number of nitrogens with zero attached hydrogens (tertiary/aromatic N) is 1. The van der Waals surface area contributed by atoms with Crippen LogP contribution in [0.5, 0.6) is 0 Å². The van der Waals surface area contributed by atoms with Crippen molar-refractivity contribution in [3.05, 3.63) is 23.4 Å². The standard InChI is InChI=1S/C10H16ClN3/c1-2-5-12-7-8-14-10-9(11)4-3-6-13-10/h3-4,6,12H,2,5,7-8H2,1H3,(H,13,14). The van der Waals surface area contributed by atoms with Gasteiger partial charge in [-0.15, -0.1) is 0 Å². The van der Waals surface area contributed by atoms with Crippen LogP contribution in [0.15, 0.2) is 18.3 Å². The molecule has 3 nitrogen and oxygen atoms in total. The molecule has 0 bridgehead atoms. The lowest BCUT2D eigenvalue weighted by Crippen LogP contribution is -2.23. The Hall–Kier alpha value is -0.800. The average Bonchev–Trinajstić information content (AvgIpc) is 2.20. The molecule has 0 aliphatic rings. The average molecular weight is 214 g/mol. The Morgan fingerprint density at radius 2 is 2.21 bits per heavy atom. The van der Waals surface area contributed by atoms with E-state index in [9.17, 15) is 0 Å². The van der Waals surface area contributed by atoms with Crippen LogP contribution >= 0.6 is 11.6 Å². The molecule has 1 aromatic heterocycles. The highest BCUT2D eigenvalue weighted by molar-refractivity contribution is 6.32. The molecule has 2 N–H and O–H groups in total. The fourth-order valence-electron chi connectivity index (χ4n) is 1.09. The van der Waals surface area contributed by atoms with Gasteiger partial charge in [0, 0.05) is 19.3 Å². The Kier molecular flexibility index (Phi) is 5.33. The van der Waals surface area contributed by atoms with Crippen LogP contribution in [0.25, 0.3) is 0 Å². The molecule has 0 unspecified atom stereocenters. The molecule has 1 aromatic rings. The van der Waals surface area contributed by atoms with Crippen molar-refractivity contribution in [1.82, 2.24) is 10.3 Å². The minimum absolute atomic E-state index is 0.669. The zero-order valence-corrected chi connectivity index (χ0v) is 9.14. The predicted octanol–water partition coefficient (Wildman–Crippen LogP) is 2.15. The summed E-state index contributed by atoms with van der Waals surface area (Å²) in [6, 6.07) is 3.65. The summed E-state index contributed by atoms with van der Waals surface area (Å²) in [5.74, 6) is 0.757. The fourth-order valence-corrected chi connectivity index (χ4v) is 1.28. The maximum Gasteiger partial charge on any atom is 0.144 e. The van der Waals surface area contributed by atoms with Crippen LogP contribution in [-0.4, -0.2) is 24.6 Å². The molecule has 4 heteroatoms. The third kappa shape index (κ3) is 3.94. The van der Waals surface area contributed by atoms with E-state index in [1.165, 1.54) is 0 Å². The molecule has 0 aliphatic carbocycles. The van der Waals surface area contributed by atoms with E-state index in [2.05, 4.69) is 22.5 Å². The highest BCUT2D eigenvalue weighted by atomic mass is 35.5. The van der Waals surface area contributed by atoms with E-state index in [1.54, 1.807) is 6.20 Å². The van der Waals surface area contributed by atoms with Gasteiger partial charge in [-0.2, -0.15) is 0 Å². The Balaban J connectivity index is 2.21. The largest absolute Gasteiger partial charge is 0.368 e. The minimum Gasteiger partial charge on any atom is -0.368 e. The van der Waals surface area contributed by atoms with E-state index >= 15 is 0 Å². The first-order valence-electron chi connectivity index (χ1n) is 4.89. The molecule has 0 radical (unpaired) electrons. The summed E-state index contributed by atoms with van der Waals surface area (Å²) < 4.78 is 0. The van der Waals surface area contributed by atoms with Gasteiger partial charge in [-0.05, 0) is 25.1 Å². The summed E-state index contributed by atoms with van der Waals surface area (Å²) in [7, 11) is 0. The van der Waals surface area contributed by atoms with Crippen LogP contribution in [-0.2, 0) is 0 Å². The van der Waals surface area contributed by atoms with Gasteiger partial charge in [0.25, 0.3) is 0 Å². The summed E-state index contributed by atoms with van der Waals surface area (Å²) >= 11 is 5.92. The van der Waals surface area contributed by atoms with E-state index in [0.717, 1.165) is 31.9 Å². The van der Waals surface area contributed by atoms with Crippen molar-refractivity contribution < 1.29 is 0 Å². The number of hydrogen-bond donors (Lipinski definition) is 2. The van der Waals surface area contributed by atoms with Crippen LogP contribution < -0.4 is 10.6 Å². The zero-order valence-electron chi connectivity index (χ0n) is 8.39. The van der Waals surface area contributed by atoms with Gasteiger partial charge in [-0.1, -0.05) is 18.5 Å². The number of pyridine rings is 1. The van der Waals surface area contributed by atoms with Gasteiger partial charge in [0.15, 0.2) is 0 Å². The highest BCUT2D eigenvalue weighted by Crippen LogP contribution is 2.16. The van der Waals surface area contributed by atoms with Crippen molar-refractivity contribution in [2.45, 2.75) is 13.3 Å². The lowest BCUT2D eigenvalue weighted by atomic mass is 10.4. The molecule has 14 heavy (non-hydrogen) atoms. The number of halogens is 1. The van der Waals surface area contributed by atoms with Crippen LogP contribution in [0.1, 0.15) is 13.3 Å². The second kappa shape index (κ2) is 6.62. The molecule has 0 amide bonds. The van der Waals surface area contributed by atoms with Gasteiger partial charge < -0.3 is 10.6 Å². The first-order valence-corrected chi connectivity index (χ1v) is 5.27. The first-order chi connectivity index (χ1) is 6.84. The molecule has 0 atom stereocenters. The molecule has 0 spiro atoms. The van der Waals surface area contributed by atoms with E-state index in [1.807, 2.05) is 12.1 Å². The van der Waals surface area contributed by atoms with Crippen LogP contribution in [0.3, 0.4) is 0 Å². The van der Waals surface area contributed by atoms with Crippen molar-refractivity contribution in [3.63, 3.8) is 0 Å². The first kappa shape index (κ1) is 11.3. The maximum atomic E-state index is 5.92. The SMILES string of the molecule is CCCNCCNc1ncccc1Cl. The van der Waals surface area contributed by atoms with Gasteiger partial charge in [0.1, 0.15) is 5.82 Å². The van der Waals surface area contributed by atoms with E-state index in [0.29, 0.717) is 5.02 Å². The number of aromatic nitrogens is 1. The Morgan fingerprint density at radius 3 is 2.93 bits per heavy atom. The van der Waals surface area contributed by atoms with E-state index < -0.39 is 0 Å². The third-order valence-corrected chi connectivity index (χ3v) is 2.08. The van der Waals surface area contributed by atoms with Crippen LogP contribution in [0.4, 0.5) is 5.82 Å². The summed E-state index contributed by atoms with van der Waals surface area (Å²) in [6.45, 7) is 4.98. The number of rotatable bonds is 6. The number of hydrogen-bond acceptors (Lipinski definition) is 3. The normalized spacial score (nSPS) is 10.1. The molecule has 0 aliphatic heterocycles. The van der Waals surface area contributed by atoms with Crippen molar-refractivity contribution in [3.8, 4) is 0 Å². The molecular weight excluding hydrogens is 198 g/mol. The topological polar surface area (TPSA) is 37.0 Å². The molecule has 0 saturated heterocycles. The quantitative estimate of drug-likeness (QED) is 0.711. The lowest BCUT2D eigenvalue weighted by Gasteiger charge is -2.07. The number of anilines is 1. The molecule has 1 rings (SSSR count). The molecule has 0 saturated carbocycles. The van der Waals surface area contributed by atoms with Gasteiger partial charge >= 0.3 is 0 Å². The second-order valence-electron chi connectivity index (χ2n) is 3.01. The number of nitrogens with one attached hydrogen (secondary N) is 2. The maximum absolute atomic E-state index is 5.92. The second-order valence-corrected chi connectivity index (χ2v) is 3.42. The van der Waals surface area contributed by atoms with Crippen molar-refractivity contribution in [2.75, 3.05) is 25.0 Å². The van der Waals surface area contributed by atoms with Crippen LogP contribution in [0.2, 0.25) is 5.02 Å². The van der Waals surface area contributed by atoms with Crippen molar-refractivity contribution in [2.24, 2.45) is 0 Å². The van der Waals surface area contributed by atoms with Gasteiger partial charge in [-0.3, -0.25) is 0 Å². The Morgan fingerprint density at radius 1 is 1.36 bits per heavy atom. The molecular formula is C10H16ClN3. The smallest absolute Gasteiger partial charge is 0.144 e. The minimum atomic E-state index is 0.669.